The van der Waals surface area contributed by atoms with Crippen LogP contribution in [0.1, 0.15) is 116 Å². The molecular formula is C23H48N2. The van der Waals surface area contributed by atoms with Gasteiger partial charge >= 0.3 is 0 Å². The number of unbranched alkanes of at least 4 members (excludes halogenated alkanes) is 13. The van der Waals surface area contributed by atoms with Gasteiger partial charge in [0.1, 0.15) is 0 Å². The van der Waals surface area contributed by atoms with Crippen LogP contribution in [-0.4, -0.2) is 37.6 Å². The van der Waals surface area contributed by atoms with Gasteiger partial charge in [-0.2, -0.15) is 0 Å². The molecule has 1 saturated heterocycles. The first kappa shape index (κ1) is 23.0. The molecule has 0 aliphatic carbocycles. The Bertz CT molecular complexity index is 248. The highest BCUT2D eigenvalue weighted by molar-refractivity contribution is 4.65. The van der Waals surface area contributed by atoms with Gasteiger partial charge in [-0.3, -0.25) is 0 Å². The van der Waals surface area contributed by atoms with E-state index in [4.69, 9.17) is 0 Å². The van der Waals surface area contributed by atoms with Gasteiger partial charge in [-0.1, -0.05) is 96.8 Å². The van der Waals surface area contributed by atoms with Gasteiger partial charge in [-0.05, 0) is 38.9 Å². The van der Waals surface area contributed by atoms with Gasteiger partial charge in [0.05, 0.1) is 0 Å². The van der Waals surface area contributed by atoms with Crippen molar-refractivity contribution in [2.45, 2.75) is 116 Å². The fraction of sp³-hybridized carbons (Fsp3) is 1.00. The van der Waals surface area contributed by atoms with E-state index in [1.807, 2.05) is 0 Å². The third kappa shape index (κ3) is 15.9. The molecular weight excluding hydrogens is 304 g/mol. The van der Waals surface area contributed by atoms with Crippen LogP contribution < -0.4 is 5.32 Å². The summed E-state index contributed by atoms with van der Waals surface area (Å²) in [7, 11) is 0. The fourth-order valence-electron chi connectivity index (χ4n) is 3.99. The average Bonchev–Trinajstić information content (AvgIpc) is 2.65. The third-order valence-corrected chi connectivity index (χ3v) is 5.76. The monoisotopic (exact) mass is 352 g/mol. The first-order valence-corrected chi connectivity index (χ1v) is 11.9. The molecule has 1 N–H and O–H groups in total. The van der Waals surface area contributed by atoms with E-state index in [0.29, 0.717) is 0 Å². The van der Waals surface area contributed by atoms with Crippen molar-refractivity contribution in [3.05, 3.63) is 0 Å². The summed E-state index contributed by atoms with van der Waals surface area (Å²) in [6, 6.07) is 0. The lowest BCUT2D eigenvalue weighted by molar-refractivity contribution is 0.229. The van der Waals surface area contributed by atoms with Crippen LogP contribution >= 0.6 is 0 Å². The summed E-state index contributed by atoms with van der Waals surface area (Å²) >= 11 is 0. The molecule has 2 heteroatoms. The van der Waals surface area contributed by atoms with Crippen LogP contribution in [0.15, 0.2) is 0 Å². The summed E-state index contributed by atoms with van der Waals surface area (Å²) in [5, 5.41) is 3.63. The lowest BCUT2D eigenvalue weighted by atomic mass is 10.0. The van der Waals surface area contributed by atoms with Gasteiger partial charge in [0.15, 0.2) is 0 Å². The van der Waals surface area contributed by atoms with Crippen molar-refractivity contribution >= 4 is 0 Å². The second-order valence-electron chi connectivity index (χ2n) is 8.25. The van der Waals surface area contributed by atoms with Gasteiger partial charge in [-0.15, -0.1) is 0 Å². The summed E-state index contributed by atoms with van der Waals surface area (Å²) in [6.07, 6.45) is 24.6. The first-order chi connectivity index (χ1) is 12.4. The van der Waals surface area contributed by atoms with Crippen LogP contribution in [0, 0.1) is 0 Å². The molecule has 2 nitrogen and oxygen atoms in total. The molecule has 25 heavy (non-hydrogen) atoms. The largest absolute Gasteiger partial charge is 0.315 e. The lowest BCUT2D eigenvalue weighted by Gasteiger charge is -2.26. The Kier molecular flexibility index (Phi) is 17.2. The Balaban J connectivity index is 1.65. The van der Waals surface area contributed by atoms with E-state index in [0.717, 1.165) is 0 Å². The van der Waals surface area contributed by atoms with Crippen molar-refractivity contribution in [3.8, 4) is 0 Å². The number of hydrogen-bond acceptors (Lipinski definition) is 2. The molecule has 0 saturated carbocycles. The van der Waals surface area contributed by atoms with Crippen LogP contribution in [0.4, 0.5) is 0 Å². The van der Waals surface area contributed by atoms with Gasteiger partial charge < -0.3 is 10.2 Å². The van der Waals surface area contributed by atoms with Crippen LogP contribution in [0.3, 0.4) is 0 Å². The maximum atomic E-state index is 3.63. The van der Waals surface area contributed by atoms with Crippen LogP contribution in [0.25, 0.3) is 0 Å². The number of likely N-dealkylation sites (tertiary alicyclic amines) is 1. The third-order valence-electron chi connectivity index (χ3n) is 5.76. The van der Waals surface area contributed by atoms with Crippen LogP contribution in [-0.2, 0) is 0 Å². The van der Waals surface area contributed by atoms with E-state index < -0.39 is 0 Å². The normalized spacial score (nSPS) is 15.7. The van der Waals surface area contributed by atoms with Gasteiger partial charge in [-0.25, -0.2) is 0 Å². The Morgan fingerprint density at radius 2 is 1.04 bits per heavy atom. The quantitative estimate of drug-likeness (QED) is 0.282. The Morgan fingerprint density at radius 1 is 0.560 bits per heavy atom. The number of piperidine rings is 1. The Hall–Kier alpha value is -0.0800. The zero-order valence-corrected chi connectivity index (χ0v) is 17.5. The smallest absolute Gasteiger partial charge is 0.0107 e. The topological polar surface area (TPSA) is 15.3 Å². The Labute approximate surface area is 159 Å². The minimum atomic E-state index is 1.19. The maximum Gasteiger partial charge on any atom is 0.0107 e. The summed E-state index contributed by atoms with van der Waals surface area (Å²) in [5.41, 5.74) is 0. The summed E-state index contributed by atoms with van der Waals surface area (Å²) in [6.45, 7) is 8.65. The molecule has 0 radical (unpaired) electrons. The van der Waals surface area contributed by atoms with Crippen molar-refractivity contribution < 1.29 is 0 Å². The number of nitrogens with one attached hydrogen (secondary N) is 1. The maximum absolute atomic E-state index is 3.63. The standard InChI is InChI=1S/C23H48N2/c1-2-3-4-5-6-7-8-9-10-11-12-13-14-16-19-24-20-23-25-21-17-15-18-22-25/h24H,2-23H2,1H3. The number of hydrogen-bond donors (Lipinski definition) is 1. The van der Waals surface area contributed by atoms with Crippen molar-refractivity contribution in [2.75, 3.05) is 32.7 Å². The molecule has 0 aromatic carbocycles. The summed E-state index contributed by atoms with van der Waals surface area (Å²) in [5.74, 6) is 0. The molecule has 0 atom stereocenters. The van der Waals surface area contributed by atoms with E-state index in [-0.39, 0.29) is 0 Å². The molecule has 0 unspecified atom stereocenters. The molecule has 1 fully saturated rings. The summed E-state index contributed by atoms with van der Waals surface area (Å²) in [4.78, 5) is 2.63. The highest BCUT2D eigenvalue weighted by atomic mass is 15.1. The molecule has 150 valence electrons. The second kappa shape index (κ2) is 18.7. The van der Waals surface area contributed by atoms with Gasteiger partial charge in [0, 0.05) is 13.1 Å². The SMILES string of the molecule is CCCCCCCCCCCCCCCCNCCN1CCCCC1. The van der Waals surface area contributed by atoms with E-state index >= 15 is 0 Å². The second-order valence-corrected chi connectivity index (χ2v) is 8.25. The zero-order chi connectivity index (χ0) is 17.8. The van der Waals surface area contributed by atoms with E-state index in [1.165, 1.54) is 142 Å². The predicted molar refractivity (Wildman–Crippen MR) is 113 cm³/mol. The molecule has 0 amide bonds. The van der Waals surface area contributed by atoms with Gasteiger partial charge in [0.2, 0.25) is 0 Å². The Morgan fingerprint density at radius 3 is 1.56 bits per heavy atom. The van der Waals surface area contributed by atoms with E-state index in [1.54, 1.807) is 0 Å². The zero-order valence-electron chi connectivity index (χ0n) is 17.5. The number of nitrogens with zero attached hydrogens (tertiary/aromatic N) is 1. The van der Waals surface area contributed by atoms with E-state index in [2.05, 4.69) is 17.1 Å². The fourth-order valence-corrected chi connectivity index (χ4v) is 3.99. The van der Waals surface area contributed by atoms with Crippen molar-refractivity contribution in [2.24, 2.45) is 0 Å². The van der Waals surface area contributed by atoms with Crippen molar-refractivity contribution in [1.82, 2.24) is 10.2 Å². The average molecular weight is 353 g/mol. The number of rotatable bonds is 18. The minimum Gasteiger partial charge on any atom is -0.315 e. The van der Waals surface area contributed by atoms with E-state index in [9.17, 15) is 0 Å². The molecule has 0 bridgehead atoms. The predicted octanol–water partition coefficient (Wildman–Crippen LogP) is 6.54. The van der Waals surface area contributed by atoms with Crippen molar-refractivity contribution in [1.29, 1.82) is 0 Å². The lowest BCUT2D eigenvalue weighted by Crippen LogP contribution is -2.36. The first-order valence-electron chi connectivity index (χ1n) is 11.9. The van der Waals surface area contributed by atoms with Crippen molar-refractivity contribution in [3.63, 3.8) is 0 Å². The van der Waals surface area contributed by atoms with Gasteiger partial charge in [0.25, 0.3) is 0 Å². The molecule has 0 aromatic rings. The molecule has 1 aliphatic rings. The molecule has 1 aliphatic heterocycles. The van der Waals surface area contributed by atoms with Crippen LogP contribution in [0.5, 0.6) is 0 Å². The minimum absolute atomic E-state index is 1.19. The molecule has 1 heterocycles. The summed E-state index contributed by atoms with van der Waals surface area (Å²) < 4.78 is 0. The van der Waals surface area contributed by atoms with Crippen LogP contribution in [0.2, 0.25) is 0 Å². The molecule has 0 aromatic heterocycles. The molecule has 0 spiro atoms. The highest BCUT2D eigenvalue weighted by Crippen LogP contribution is 2.12. The highest BCUT2D eigenvalue weighted by Gasteiger charge is 2.08. The molecule has 1 rings (SSSR count).